The maximum absolute atomic E-state index is 12.9. The summed E-state index contributed by atoms with van der Waals surface area (Å²) in [6.45, 7) is 4.65. The van der Waals surface area contributed by atoms with E-state index in [0.717, 1.165) is 83.5 Å². The Labute approximate surface area is 382 Å². The summed E-state index contributed by atoms with van der Waals surface area (Å²) in [7, 11) is 1.53. The molecule has 0 heterocycles. The van der Waals surface area contributed by atoms with Crippen LogP contribution >= 0.6 is 7.82 Å². The average Bonchev–Trinajstić information content (AvgIpc) is 3.23. The van der Waals surface area contributed by atoms with Crippen LogP contribution in [0.2, 0.25) is 0 Å². The highest BCUT2D eigenvalue weighted by atomic mass is 31.2. The van der Waals surface area contributed by atoms with Crippen molar-refractivity contribution in [3.05, 3.63) is 85.1 Å². The number of nitrogens with one attached hydrogen (secondary N) is 1. The van der Waals surface area contributed by atoms with E-state index in [1.165, 1.54) is 89.9 Å². The summed E-state index contributed by atoms with van der Waals surface area (Å²) in [6, 6.07) is -0.879. The molecule has 1 amide bonds. The monoisotopic (exact) mass is 888 g/mol. The van der Waals surface area contributed by atoms with Crippen LogP contribution in [0.1, 0.15) is 194 Å². The largest absolute Gasteiger partial charge is 0.472 e. The van der Waals surface area contributed by atoms with E-state index in [0.29, 0.717) is 17.4 Å². The Kier molecular flexibility index (Phi) is 42.3. The molecule has 0 aliphatic carbocycles. The number of phosphoric ester groups is 1. The van der Waals surface area contributed by atoms with Crippen molar-refractivity contribution in [3.63, 3.8) is 0 Å². The van der Waals surface area contributed by atoms with Gasteiger partial charge in [-0.3, -0.25) is 13.8 Å². The van der Waals surface area contributed by atoms with Gasteiger partial charge in [0, 0.05) is 6.42 Å². The van der Waals surface area contributed by atoms with Crippen molar-refractivity contribution in [2.24, 2.45) is 0 Å². The van der Waals surface area contributed by atoms with Gasteiger partial charge in [-0.1, -0.05) is 189 Å². The molecule has 0 aliphatic heterocycles. The maximum atomic E-state index is 12.9. The number of hydrogen-bond acceptors (Lipinski definition) is 5. The van der Waals surface area contributed by atoms with Crippen molar-refractivity contribution >= 4 is 13.7 Å². The normalized spacial score (nSPS) is 14.9. The van der Waals surface area contributed by atoms with Crippen LogP contribution in [0.3, 0.4) is 0 Å². The van der Waals surface area contributed by atoms with E-state index in [9.17, 15) is 19.4 Å². The van der Waals surface area contributed by atoms with Crippen LogP contribution in [-0.4, -0.2) is 73.4 Å². The number of phosphoric acid groups is 1. The molecule has 3 N–H and O–H groups in total. The summed E-state index contributed by atoms with van der Waals surface area (Å²) >= 11 is 0. The topological polar surface area (TPSA) is 105 Å². The van der Waals surface area contributed by atoms with E-state index in [2.05, 4.69) is 92.1 Å². The number of quaternary nitrogens is 1. The number of carbonyl (C=O) groups is 1. The summed E-state index contributed by atoms with van der Waals surface area (Å²) in [5.74, 6) is -0.203. The Hall–Kier alpha value is -2.32. The van der Waals surface area contributed by atoms with Crippen LogP contribution in [0, 0.1) is 0 Å². The van der Waals surface area contributed by atoms with Gasteiger partial charge in [-0.15, -0.1) is 0 Å². The molecular formula is C53H96N2O6P+. The van der Waals surface area contributed by atoms with Crippen LogP contribution in [0.5, 0.6) is 0 Å². The molecular weight excluding hydrogens is 792 g/mol. The van der Waals surface area contributed by atoms with E-state index >= 15 is 0 Å². The summed E-state index contributed by atoms with van der Waals surface area (Å²) in [4.78, 5) is 23.2. The molecule has 0 aliphatic rings. The summed E-state index contributed by atoms with van der Waals surface area (Å²) < 4.78 is 23.6. The van der Waals surface area contributed by atoms with Crippen molar-refractivity contribution in [2.45, 2.75) is 206 Å². The third-order valence-corrected chi connectivity index (χ3v) is 11.6. The number of amides is 1. The lowest BCUT2D eigenvalue weighted by atomic mass is 10.1. The number of carbonyl (C=O) groups excluding carboxylic acids is 1. The molecule has 0 rings (SSSR count). The SMILES string of the molecule is CC/C=C\C/C=C\C/C=C\C/C=C\CCCCCCCCCCC(=O)NC(COP(=O)(O)OCC[N+](C)(C)C)C(O)/C=C/CC/C=C/CC/C=C/CCCCCCCCCCC. The molecule has 0 fully saturated rings. The molecule has 0 spiro atoms. The lowest BCUT2D eigenvalue weighted by Gasteiger charge is -2.25. The zero-order valence-electron chi connectivity index (χ0n) is 40.6. The number of allylic oxidation sites excluding steroid dienone is 13. The third-order valence-electron chi connectivity index (χ3n) is 10.6. The van der Waals surface area contributed by atoms with Gasteiger partial charge in [0.25, 0.3) is 0 Å². The molecule has 0 saturated carbocycles. The van der Waals surface area contributed by atoms with Crippen molar-refractivity contribution < 1.29 is 32.9 Å². The number of hydrogen-bond donors (Lipinski definition) is 3. The van der Waals surface area contributed by atoms with Crippen molar-refractivity contribution in [1.29, 1.82) is 0 Å². The number of likely N-dealkylation sites (N-methyl/N-ethyl adjacent to an activating group) is 1. The molecule has 358 valence electrons. The zero-order chi connectivity index (χ0) is 45.7. The van der Waals surface area contributed by atoms with E-state index in [1.807, 2.05) is 27.2 Å². The molecule has 0 radical (unpaired) electrons. The van der Waals surface area contributed by atoms with Crippen LogP contribution < -0.4 is 5.32 Å². The van der Waals surface area contributed by atoms with Gasteiger partial charge in [-0.05, 0) is 83.5 Å². The van der Waals surface area contributed by atoms with Gasteiger partial charge >= 0.3 is 7.82 Å². The van der Waals surface area contributed by atoms with Gasteiger partial charge in [0.1, 0.15) is 13.2 Å². The first-order chi connectivity index (χ1) is 30.0. The average molecular weight is 888 g/mol. The minimum atomic E-state index is -4.36. The number of aliphatic hydroxyl groups is 1. The van der Waals surface area contributed by atoms with Crippen LogP contribution in [-0.2, 0) is 18.4 Å². The smallest absolute Gasteiger partial charge is 0.387 e. The first-order valence-corrected chi connectivity index (χ1v) is 26.5. The highest BCUT2D eigenvalue weighted by Crippen LogP contribution is 2.43. The minimum Gasteiger partial charge on any atom is -0.387 e. The lowest BCUT2D eigenvalue weighted by molar-refractivity contribution is -0.870. The molecule has 0 saturated heterocycles. The first kappa shape index (κ1) is 59.7. The molecule has 62 heavy (non-hydrogen) atoms. The molecule has 3 atom stereocenters. The van der Waals surface area contributed by atoms with E-state index in [4.69, 9.17) is 9.05 Å². The first-order valence-electron chi connectivity index (χ1n) is 25.0. The highest BCUT2D eigenvalue weighted by molar-refractivity contribution is 7.47. The van der Waals surface area contributed by atoms with Gasteiger partial charge in [0.15, 0.2) is 0 Å². The Bertz CT molecular complexity index is 1280. The Balaban J connectivity index is 4.44. The second-order valence-electron chi connectivity index (χ2n) is 17.8. The summed E-state index contributed by atoms with van der Waals surface area (Å²) in [5.41, 5.74) is 0. The standard InChI is InChI=1S/C53H95N2O6P/c1-6-8-10-12-14-16-18-20-22-24-26-27-29-31-33-35-37-39-41-43-45-47-53(57)54-51(50-61-62(58,59)60-49-48-55(3,4)5)52(56)46-44-42-40-38-36-34-32-30-28-25-23-21-19-17-15-13-11-9-7-2/h8,10,14,16,20,22,26-28,30,36,38,44,46,51-52,56H,6-7,9,11-13,15,17-19,21,23-25,29,31-35,37,39-43,45,47-50H2,1-5H3,(H-,54,57,58,59)/p+1/b10-8-,16-14-,22-20-,27-26-,30-28+,38-36+,46-44+. The van der Waals surface area contributed by atoms with E-state index in [1.54, 1.807) is 6.08 Å². The zero-order valence-corrected chi connectivity index (χ0v) is 41.5. The fourth-order valence-corrected chi connectivity index (χ4v) is 7.39. The summed E-state index contributed by atoms with van der Waals surface area (Å²) in [5, 5.41) is 13.8. The quantitative estimate of drug-likeness (QED) is 0.0244. The van der Waals surface area contributed by atoms with Crippen LogP contribution in [0.25, 0.3) is 0 Å². The van der Waals surface area contributed by atoms with Crippen molar-refractivity contribution in [3.8, 4) is 0 Å². The van der Waals surface area contributed by atoms with E-state index < -0.39 is 20.0 Å². The minimum absolute atomic E-state index is 0.0476. The number of unbranched alkanes of at least 4 members (excludes halogenated alkanes) is 19. The Morgan fingerprint density at radius 1 is 0.565 bits per heavy atom. The second kappa shape index (κ2) is 43.9. The number of nitrogens with zero attached hydrogens (tertiary/aromatic N) is 1. The van der Waals surface area contributed by atoms with Crippen LogP contribution in [0.4, 0.5) is 0 Å². The second-order valence-corrected chi connectivity index (χ2v) is 19.2. The highest BCUT2D eigenvalue weighted by Gasteiger charge is 2.27. The molecule has 0 aromatic carbocycles. The fourth-order valence-electron chi connectivity index (χ4n) is 6.65. The predicted octanol–water partition coefficient (Wildman–Crippen LogP) is 14.5. The lowest BCUT2D eigenvalue weighted by Crippen LogP contribution is -2.45. The molecule has 8 nitrogen and oxygen atoms in total. The van der Waals surface area contributed by atoms with Crippen molar-refractivity contribution in [1.82, 2.24) is 5.32 Å². The van der Waals surface area contributed by atoms with Gasteiger partial charge in [0.05, 0.1) is 39.9 Å². The van der Waals surface area contributed by atoms with Crippen LogP contribution in [0.15, 0.2) is 85.1 Å². The Morgan fingerprint density at radius 2 is 0.984 bits per heavy atom. The number of rotatable bonds is 44. The van der Waals surface area contributed by atoms with Gasteiger partial charge in [0.2, 0.25) is 5.91 Å². The van der Waals surface area contributed by atoms with Gasteiger partial charge in [-0.25, -0.2) is 4.57 Å². The van der Waals surface area contributed by atoms with Crippen molar-refractivity contribution in [2.75, 3.05) is 40.9 Å². The molecule has 9 heteroatoms. The molecule has 0 aromatic heterocycles. The number of aliphatic hydroxyl groups excluding tert-OH is 1. The predicted molar refractivity (Wildman–Crippen MR) is 267 cm³/mol. The molecule has 3 unspecified atom stereocenters. The van der Waals surface area contributed by atoms with Gasteiger partial charge < -0.3 is 19.8 Å². The third kappa shape index (κ3) is 45.7. The maximum Gasteiger partial charge on any atom is 0.472 e. The Morgan fingerprint density at radius 3 is 1.48 bits per heavy atom. The van der Waals surface area contributed by atoms with E-state index in [-0.39, 0.29) is 19.1 Å². The van der Waals surface area contributed by atoms with Gasteiger partial charge in [-0.2, -0.15) is 0 Å². The molecule has 0 aromatic rings. The fraction of sp³-hybridized carbons (Fsp3) is 0.717. The summed E-state index contributed by atoms with van der Waals surface area (Å²) in [6.07, 6.45) is 60.9. The molecule has 0 bridgehead atoms.